The summed E-state index contributed by atoms with van der Waals surface area (Å²) in [4.78, 5) is 0. The molecule has 186 valence electrons. The van der Waals surface area contributed by atoms with Crippen molar-refractivity contribution < 1.29 is 46.7 Å². The topological polar surface area (TPSA) is 66.4 Å². The second-order valence-electron chi connectivity index (χ2n) is 13.1. The quantitative estimate of drug-likeness (QED) is 0.308. The summed E-state index contributed by atoms with van der Waals surface area (Å²) in [5.74, 6) is 5.51. The van der Waals surface area contributed by atoms with E-state index in [0.29, 0.717) is 11.3 Å². The molecule has 0 spiro atoms. The van der Waals surface area contributed by atoms with Crippen LogP contribution in [0.25, 0.3) is 0 Å². The molecule has 0 radical (unpaired) electrons. The van der Waals surface area contributed by atoms with E-state index in [1.54, 1.807) is 0 Å². The zero-order chi connectivity index (χ0) is 23.3. The molecule has 0 aromatic rings. The third-order valence-corrected chi connectivity index (χ3v) is 11.6. The molecule has 4 fully saturated rings. The van der Waals surface area contributed by atoms with Crippen molar-refractivity contribution in [2.24, 2.45) is 52.3 Å². The van der Waals surface area contributed by atoms with Gasteiger partial charge in [-0.1, -0.05) is 53.9 Å². The minimum absolute atomic E-state index is 0. The molecule has 0 aromatic heterocycles. The maximum absolute atomic E-state index is 11.1. The Bertz CT molecular complexity index is 770. The molecule has 0 N–H and O–H groups in total. The fraction of sp³-hybridized carbons (Fsp3) is 1.00. The van der Waals surface area contributed by atoms with E-state index < -0.39 is 16.5 Å². The number of fused-ring (bicyclic) bond motifs is 5. The summed E-state index contributed by atoms with van der Waals surface area (Å²) in [6.45, 7) is 12.3. The van der Waals surface area contributed by atoms with E-state index >= 15 is 0 Å². The Hall–Kier alpha value is 0.870. The Morgan fingerprint density at radius 1 is 0.909 bits per heavy atom. The summed E-state index contributed by atoms with van der Waals surface area (Å²) >= 11 is 0. The summed E-state index contributed by atoms with van der Waals surface area (Å²) in [5.41, 5.74) is 0.802. The van der Waals surface area contributed by atoms with Crippen molar-refractivity contribution in [2.45, 2.75) is 118 Å². The second-order valence-corrected chi connectivity index (χ2v) is 14.1. The number of hydrogen-bond acceptors (Lipinski definition) is 4. The van der Waals surface area contributed by atoms with E-state index in [9.17, 15) is 13.0 Å². The van der Waals surface area contributed by atoms with E-state index in [1.165, 1.54) is 57.8 Å². The van der Waals surface area contributed by atoms with Crippen molar-refractivity contribution in [3.05, 3.63) is 0 Å². The standard InChI is InChI=1S/C27H48O4S.Na/c1-18(2)7-6-8-19(3)23-11-12-24-22-10-9-20-17-21(31-32(28,29)30)13-15-26(20,4)25(22)14-16-27(23,24)5;/h18-25H,6-17H2,1-5H3,(H,28,29,30);/q;+1/p-1/t19-,20+,21?,22?,23?,24?,25?,26?,27?;/m1./s1. The Labute approximate surface area is 226 Å². The van der Waals surface area contributed by atoms with Crippen molar-refractivity contribution in [3.63, 3.8) is 0 Å². The molecular weight excluding hydrogens is 443 g/mol. The van der Waals surface area contributed by atoms with Crippen molar-refractivity contribution in [1.29, 1.82) is 0 Å². The smallest absolute Gasteiger partial charge is 0.726 e. The zero-order valence-corrected chi connectivity index (χ0v) is 25.0. The van der Waals surface area contributed by atoms with Gasteiger partial charge in [-0.05, 0) is 110 Å². The first kappa shape index (κ1) is 28.4. The van der Waals surface area contributed by atoms with Crippen LogP contribution in [-0.4, -0.2) is 19.1 Å². The van der Waals surface area contributed by atoms with Crippen LogP contribution >= 0.6 is 0 Å². The molecule has 9 atom stereocenters. The molecule has 7 unspecified atom stereocenters. The van der Waals surface area contributed by atoms with Gasteiger partial charge in [0, 0.05) is 0 Å². The molecular formula is C27H47NaO4S. The van der Waals surface area contributed by atoms with Crippen LogP contribution in [0.2, 0.25) is 0 Å². The summed E-state index contributed by atoms with van der Waals surface area (Å²) in [6, 6.07) is 0. The van der Waals surface area contributed by atoms with Crippen LogP contribution in [0.3, 0.4) is 0 Å². The number of hydrogen-bond donors (Lipinski definition) is 0. The van der Waals surface area contributed by atoms with Crippen LogP contribution in [-0.2, 0) is 14.6 Å². The van der Waals surface area contributed by atoms with Gasteiger partial charge in [-0.15, -0.1) is 0 Å². The summed E-state index contributed by atoms with van der Waals surface area (Å²) < 4.78 is 38.3. The van der Waals surface area contributed by atoms with Crippen molar-refractivity contribution in [3.8, 4) is 0 Å². The SMILES string of the molecule is CC(C)CCC[C@@H](C)C1CCC2C3CC[C@H]4CC(OS(=O)(=O)[O-])CCC4(C)C3CCC21C.[Na+]. The largest absolute Gasteiger partial charge is 1.00 e. The predicted molar refractivity (Wildman–Crippen MR) is 128 cm³/mol. The van der Waals surface area contributed by atoms with Crippen LogP contribution in [0.5, 0.6) is 0 Å². The van der Waals surface area contributed by atoms with Crippen molar-refractivity contribution in [1.82, 2.24) is 0 Å². The average molecular weight is 491 g/mol. The van der Waals surface area contributed by atoms with Crippen LogP contribution in [0.4, 0.5) is 0 Å². The fourth-order valence-electron chi connectivity index (χ4n) is 9.50. The first-order valence-electron chi connectivity index (χ1n) is 13.6. The van der Waals surface area contributed by atoms with Crippen LogP contribution in [0, 0.1) is 52.3 Å². The van der Waals surface area contributed by atoms with Gasteiger partial charge < -0.3 is 4.55 Å². The first-order chi connectivity index (χ1) is 14.9. The maximum atomic E-state index is 11.1. The van der Waals surface area contributed by atoms with Gasteiger partial charge >= 0.3 is 29.6 Å². The van der Waals surface area contributed by atoms with Gasteiger partial charge in [0.25, 0.3) is 0 Å². The summed E-state index contributed by atoms with van der Waals surface area (Å²) in [5, 5.41) is 0. The van der Waals surface area contributed by atoms with Gasteiger partial charge in [0.15, 0.2) is 0 Å². The molecule has 0 amide bonds. The van der Waals surface area contributed by atoms with E-state index in [-0.39, 0.29) is 35.0 Å². The normalized spacial score (nSPS) is 43.8. The second kappa shape index (κ2) is 10.7. The first-order valence-corrected chi connectivity index (χ1v) is 14.9. The third-order valence-electron chi connectivity index (χ3n) is 11.1. The van der Waals surface area contributed by atoms with Gasteiger partial charge in [0.1, 0.15) is 0 Å². The number of rotatable bonds is 7. The van der Waals surface area contributed by atoms with Gasteiger partial charge in [0.2, 0.25) is 10.4 Å². The van der Waals surface area contributed by atoms with E-state index in [0.717, 1.165) is 54.8 Å². The summed E-state index contributed by atoms with van der Waals surface area (Å²) in [6.07, 6.45) is 14.2. The molecule has 0 aromatic carbocycles. The predicted octanol–water partition coefficient (Wildman–Crippen LogP) is 3.96. The van der Waals surface area contributed by atoms with Crippen LogP contribution in [0.1, 0.15) is 112 Å². The van der Waals surface area contributed by atoms with Crippen LogP contribution in [0.15, 0.2) is 0 Å². The maximum Gasteiger partial charge on any atom is 1.00 e. The summed E-state index contributed by atoms with van der Waals surface area (Å²) in [7, 11) is -4.60. The zero-order valence-electron chi connectivity index (χ0n) is 22.1. The monoisotopic (exact) mass is 490 g/mol. The molecule has 0 heterocycles. The molecule has 4 nitrogen and oxygen atoms in total. The van der Waals surface area contributed by atoms with Crippen molar-refractivity contribution in [2.75, 3.05) is 0 Å². The minimum atomic E-state index is -4.60. The molecule has 0 bridgehead atoms. The van der Waals surface area contributed by atoms with Crippen LogP contribution < -0.4 is 29.6 Å². The fourth-order valence-corrected chi connectivity index (χ4v) is 10.0. The molecule has 4 aliphatic carbocycles. The molecule has 0 saturated heterocycles. The molecule has 4 aliphatic rings. The van der Waals surface area contributed by atoms with E-state index in [2.05, 4.69) is 34.6 Å². The molecule has 4 rings (SSSR count). The molecule has 6 heteroatoms. The van der Waals surface area contributed by atoms with E-state index in [4.69, 9.17) is 4.18 Å². The third kappa shape index (κ3) is 5.74. The average Bonchev–Trinajstić information content (AvgIpc) is 3.04. The Balaban J connectivity index is 0.00000306. The van der Waals surface area contributed by atoms with Gasteiger partial charge in [-0.25, -0.2) is 8.42 Å². The Kier molecular flexibility index (Phi) is 9.22. The van der Waals surface area contributed by atoms with Gasteiger partial charge in [-0.3, -0.25) is 4.18 Å². The Morgan fingerprint density at radius 3 is 2.24 bits per heavy atom. The Morgan fingerprint density at radius 2 is 1.58 bits per heavy atom. The molecule has 4 saturated carbocycles. The van der Waals surface area contributed by atoms with Gasteiger partial charge in [0.05, 0.1) is 6.10 Å². The molecule has 33 heavy (non-hydrogen) atoms. The minimum Gasteiger partial charge on any atom is -0.726 e. The van der Waals surface area contributed by atoms with E-state index in [1.807, 2.05) is 0 Å². The van der Waals surface area contributed by atoms with Gasteiger partial charge in [-0.2, -0.15) is 0 Å². The molecule has 0 aliphatic heterocycles. The van der Waals surface area contributed by atoms with Crippen molar-refractivity contribution >= 4 is 10.4 Å².